The van der Waals surface area contributed by atoms with Crippen molar-refractivity contribution in [1.82, 2.24) is 4.90 Å². The fourth-order valence-corrected chi connectivity index (χ4v) is 2.45. The monoisotopic (exact) mass is 375 g/mol. The minimum atomic E-state index is -0.370. The van der Waals surface area contributed by atoms with Gasteiger partial charge >= 0.3 is 0 Å². The van der Waals surface area contributed by atoms with E-state index < -0.39 is 0 Å². The molecule has 0 aliphatic heterocycles. The highest BCUT2D eigenvalue weighted by Gasteiger charge is 2.12. The van der Waals surface area contributed by atoms with Crippen LogP contribution in [0.5, 0.6) is 0 Å². The molecular formula is C16H26INO. The van der Waals surface area contributed by atoms with Crippen LogP contribution in [0.3, 0.4) is 0 Å². The third-order valence-electron chi connectivity index (χ3n) is 3.34. The zero-order valence-electron chi connectivity index (χ0n) is 12.1. The van der Waals surface area contributed by atoms with E-state index in [-0.39, 0.29) is 6.10 Å². The van der Waals surface area contributed by atoms with E-state index in [9.17, 15) is 5.11 Å². The Balaban J connectivity index is 2.53. The van der Waals surface area contributed by atoms with Crippen LogP contribution in [0, 0.1) is 3.57 Å². The van der Waals surface area contributed by atoms with Gasteiger partial charge in [-0.25, -0.2) is 0 Å². The minimum Gasteiger partial charge on any atom is -0.387 e. The molecule has 0 aromatic heterocycles. The summed E-state index contributed by atoms with van der Waals surface area (Å²) in [5.74, 6) is 0. The van der Waals surface area contributed by atoms with Crippen LogP contribution in [0.1, 0.15) is 51.2 Å². The molecule has 0 radical (unpaired) electrons. The fraction of sp³-hybridized carbons (Fsp3) is 0.625. The third-order valence-corrected chi connectivity index (χ3v) is 4.06. The lowest BCUT2D eigenvalue weighted by molar-refractivity contribution is 0.111. The largest absolute Gasteiger partial charge is 0.387 e. The van der Waals surface area contributed by atoms with Gasteiger partial charge in [0.05, 0.1) is 6.10 Å². The van der Waals surface area contributed by atoms with Crippen molar-refractivity contribution >= 4 is 22.6 Å². The standard InChI is InChI=1S/C16H26INO/c1-3-5-11-18(12-6-4-2)13-16(19)14-7-9-15(17)10-8-14/h7-10,16,19H,3-6,11-13H2,1-2H3/t16-/m1/s1. The van der Waals surface area contributed by atoms with Crippen molar-refractivity contribution in [1.29, 1.82) is 0 Å². The predicted molar refractivity (Wildman–Crippen MR) is 90.4 cm³/mol. The summed E-state index contributed by atoms with van der Waals surface area (Å²) in [6, 6.07) is 8.18. The molecule has 3 heteroatoms. The molecule has 0 aliphatic rings. The molecule has 108 valence electrons. The summed E-state index contributed by atoms with van der Waals surface area (Å²) >= 11 is 2.29. The molecule has 0 spiro atoms. The minimum absolute atomic E-state index is 0.370. The Hall–Kier alpha value is -0.130. The summed E-state index contributed by atoms with van der Waals surface area (Å²) in [6.07, 6.45) is 4.47. The first-order valence-electron chi connectivity index (χ1n) is 7.33. The van der Waals surface area contributed by atoms with Crippen molar-refractivity contribution in [2.24, 2.45) is 0 Å². The Labute approximate surface area is 131 Å². The van der Waals surface area contributed by atoms with E-state index in [0.29, 0.717) is 0 Å². The van der Waals surface area contributed by atoms with Gasteiger partial charge in [0.15, 0.2) is 0 Å². The molecule has 0 heterocycles. The molecule has 0 bridgehead atoms. The van der Waals surface area contributed by atoms with Crippen molar-refractivity contribution in [2.75, 3.05) is 19.6 Å². The van der Waals surface area contributed by atoms with Crippen LogP contribution >= 0.6 is 22.6 Å². The van der Waals surface area contributed by atoms with Crippen molar-refractivity contribution < 1.29 is 5.11 Å². The molecule has 1 aromatic carbocycles. The van der Waals surface area contributed by atoms with Crippen LogP contribution in [0.25, 0.3) is 0 Å². The number of rotatable bonds is 9. The number of nitrogens with zero attached hydrogens (tertiary/aromatic N) is 1. The van der Waals surface area contributed by atoms with Crippen LogP contribution in [-0.2, 0) is 0 Å². The Morgan fingerprint density at radius 1 is 1.05 bits per heavy atom. The van der Waals surface area contributed by atoms with E-state index in [1.807, 2.05) is 12.1 Å². The van der Waals surface area contributed by atoms with Gasteiger partial charge in [0, 0.05) is 10.1 Å². The van der Waals surface area contributed by atoms with Crippen LogP contribution in [0.15, 0.2) is 24.3 Å². The normalized spacial score (nSPS) is 12.9. The molecule has 19 heavy (non-hydrogen) atoms. The van der Waals surface area contributed by atoms with Crippen molar-refractivity contribution in [3.05, 3.63) is 33.4 Å². The highest BCUT2D eigenvalue weighted by molar-refractivity contribution is 14.1. The number of aliphatic hydroxyl groups is 1. The molecule has 0 saturated heterocycles. The van der Waals surface area contributed by atoms with E-state index in [2.05, 4.69) is 53.5 Å². The molecule has 1 rings (SSSR count). The summed E-state index contributed by atoms with van der Waals surface area (Å²) in [7, 11) is 0. The van der Waals surface area contributed by atoms with E-state index in [4.69, 9.17) is 0 Å². The summed E-state index contributed by atoms with van der Waals surface area (Å²) in [5.41, 5.74) is 1.03. The Morgan fingerprint density at radius 3 is 2.05 bits per heavy atom. The molecule has 0 fully saturated rings. The van der Waals surface area contributed by atoms with Crippen molar-refractivity contribution in [3.8, 4) is 0 Å². The first-order valence-corrected chi connectivity index (χ1v) is 8.41. The summed E-state index contributed by atoms with van der Waals surface area (Å²) in [4.78, 5) is 2.40. The zero-order valence-corrected chi connectivity index (χ0v) is 14.3. The van der Waals surface area contributed by atoms with Gasteiger partial charge in [-0.2, -0.15) is 0 Å². The van der Waals surface area contributed by atoms with Crippen LogP contribution in [-0.4, -0.2) is 29.6 Å². The van der Waals surface area contributed by atoms with Crippen LogP contribution < -0.4 is 0 Å². The Morgan fingerprint density at radius 2 is 1.58 bits per heavy atom. The van der Waals surface area contributed by atoms with E-state index in [1.165, 1.54) is 29.3 Å². The quantitative estimate of drug-likeness (QED) is 0.653. The topological polar surface area (TPSA) is 23.5 Å². The molecule has 1 N–H and O–H groups in total. The number of benzene rings is 1. The van der Waals surface area contributed by atoms with Crippen LogP contribution in [0.4, 0.5) is 0 Å². The molecule has 0 unspecified atom stereocenters. The molecule has 0 aliphatic carbocycles. The lowest BCUT2D eigenvalue weighted by Gasteiger charge is -2.25. The number of hydrogen-bond acceptors (Lipinski definition) is 2. The van der Waals surface area contributed by atoms with Gasteiger partial charge in [0.2, 0.25) is 0 Å². The van der Waals surface area contributed by atoms with Crippen LogP contribution in [0.2, 0.25) is 0 Å². The molecule has 1 atom stereocenters. The number of unbranched alkanes of at least 4 members (excludes halogenated alkanes) is 2. The smallest absolute Gasteiger partial charge is 0.0916 e. The van der Waals surface area contributed by atoms with Gasteiger partial charge in [-0.1, -0.05) is 38.8 Å². The molecular weight excluding hydrogens is 349 g/mol. The van der Waals surface area contributed by atoms with Gasteiger partial charge in [-0.3, -0.25) is 0 Å². The van der Waals surface area contributed by atoms with E-state index >= 15 is 0 Å². The number of aliphatic hydroxyl groups excluding tert-OH is 1. The maximum absolute atomic E-state index is 10.3. The van der Waals surface area contributed by atoms with E-state index in [1.54, 1.807) is 0 Å². The molecule has 0 amide bonds. The fourth-order valence-electron chi connectivity index (χ4n) is 2.09. The van der Waals surface area contributed by atoms with Gasteiger partial charge in [0.1, 0.15) is 0 Å². The van der Waals surface area contributed by atoms with Crippen molar-refractivity contribution in [2.45, 2.75) is 45.6 Å². The first kappa shape index (κ1) is 16.9. The molecule has 0 saturated carbocycles. The predicted octanol–water partition coefficient (Wildman–Crippen LogP) is 4.23. The highest BCUT2D eigenvalue weighted by Crippen LogP contribution is 2.16. The summed E-state index contributed by atoms with van der Waals surface area (Å²) in [6.45, 7) is 7.37. The SMILES string of the molecule is CCCCN(CCCC)C[C@@H](O)c1ccc(I)cc1. The maximum atomic E-state index is 10.3. The maximum Gasteiger partial charge on any atom is 0.0916 e. The average Bonchev–Trinajstić information content (AvgIpc) is 2.42. The summed E-state index contributed by atoms with van der Waals surface area (Å²) in [5, 5.41) is 10.3. The zero-order chi connectivity index (χ0) is 14.1. The van der Waals surface area contributed by atoms with E-state index in [0.717, 1.165) is 25.2 Å². The second-order valence-electron chi connectivity index (χ2n) is 5.08. The highest BCUT2D eigenvalue weighted by atomic mass is 127. The lowest BCUT2D eigenvalue weighted by atomic mass is 10.1. The lowest BCUT2D eigenvalue weighted by Crippen LogP contribution is -2.30. The number of hydrogen-bond donors (Lipinski definition) is 1. The second kappa shape index (κ2) is 9.72. The Bertz CT molecular complexity index is 331. The van der Waals surface area contributed by atoms with Gasteiger partial charge in [-0.15, -0.1) is 0 Å². The first-order chi connectivity index (χ1) is 9.17. The molecule has 2 nitrogen and oxygen atoms in total. The van der Waals surface area contributed by atoms with Gasteiger partial charge < -0.3 is 10.0 Å². The molecule has 1 aromatic rings. The second-order valence-corrected chi connectivity index (χ2v) is 6.32. The van der Waals surface area contributed by atoms with Gasteiger partial charge in [-0.05, 0) is 66.2 Å². The van der Waals surface area contributed by atoms with Gasteiger partial charge in [0.25, 0.3) is 0 Å². The Kier molecular flexibility index (Phi) is 8.66. The average molecular weight is 375 g/mol. The third kappa shape index (κ3) is 6.72. The number of halogens is 1. The summed E-state index contributed by atoms with van der Waals surface area (Å²) < 4.78 is 1.21. The van der Waals surface area contributed by atoms with Crippen molar-refractivity contribution in [3.63, 3.8) is 0 Å².